The summed E-state index contributed by atoms with van der Waals surface area (Å²) in [5.74, 6) is -0.942. The maximum Gasteiger partial charge on any atom is 0.312 e. The summed E-state index contributed by atoms with van der Waals surface area (Å²) in [5, 5.41) is 2.72. The van der Waals surface area contributed by atoms with Gasteiger partial charge in [0.05, 0.1) is 0 Å². The summed E-state index contributed by atoms with van der Waals surface area (Å²) < 4.78 is 0. The van der Waals surface area contributed by atoms with E-state index in [0.717, 1.165) is 24.0 Å². The molecule has 0 spiro atoms. The van der Waals surface area contributed by atoms with E-state index in [9.17, 15) is 19.2 Å². The first-order valence-electron chi connectivity index (χ1n) is 11.6. The summed E-state index contributed by atoms with van der Waals surface area (Å²) >= 11 is 0. The first-order valence-corrected chi connectivity index (χ1v) is 11.6. The van der Waals surface area contributed by atoms with Crippen LogP contribution >= 0.6 is 0 Å². The number of carbonyl (C=O) groups is 4. The lowest BCUT2D eigenvalue weighted by atomic mass is 9.92. The number of nitrogens with one attached hydrogen (secondary N) is 1. The lowest BCUT2D eigenvalue weighted by molar-refractivity contribution is -0.152. The Bertz CT molecular complexity index is 903. The van der Waals surface area contributed by atoms with Crippen LogP contribution in [0, 0.1) is 5.92 Å². The molecule has 2 aliphatic heterocycles. The molecular weight excluding hydrogens is 408 g/mol. The van der Waals surface area contributed by atoms with Gasteiger partial charge in [-0.1, -0.05) is 38.1 Å². The Balaban J connectivity index is 1.42. The minimum absolute atomic E-state index is 0.00147. The van der Waals surface area contributed by atoms with Crippen LogP contribution in [0.2, 0.25) is 0 Å². The number of carbonyl (C=O) groups excluding carboxylic acids is 4. The molecule has 0 radical (unpaired) electrons. The van der Waals surface area contributed by atoms with Crippen LogP contribution in [-0.2, 0) is 32.1 Å². The van der Waals surface area contributed by atoms with Crippen molar-refractivity contribution in [1.82, 2.24) is 20.0 Å². The van der Waals surface area contributed by atoms with Crippen LogP contribution in [0.15, 0.2) is 24.3 Å². The van der Waals surface area contributed by atoms with Crippen molar-refractivity contribution >= 4 is 23.6 Å². The zero-order chi connectivity index (χ0) is 22.8. The Labute approximate surface area is 188 Å². The summed E-state index contributed by atoms with van der Waals surface area (Å²) in [6, 6.07) is 7.57. The third kappa shape index (κ3) is 4.95. The Hall–Kier alpha value is -2.90. The minimum Gasteiger partial charge on any atom is -0.345 e. The van der Waals surface area contributed by atoms with E-state index in [1.54, 1.807) is 9.80 Å². The highest BCUT2D eigenvalue weighted by atomic mass is 16.2. The van der Waals surface area contributed by atoms with Gasteiger partial charge in [-0.2, -0.15) is 0 Å². The van der Waals surface area contributed by atoms with E-state index in [-0.39, 0.29) is 23.8 Å². The van der Waals surface area contributed by atoms with Crippen LogP contribution in [0.25, 0.3) is 0 Å². The molecule has 1 unspecified atom stereocenters. The molecule has 32 heavy (non-hydrogen) atoms. The molecule has 1 saturated carbocycles. The van der Waals surface area contributed by atoms with E-state index in [4.69, 9.17) is 0 Å². The second-order valence-electron chi connectivity index (χ2n) is 9.47. The van der Waals surface area contributed by atoms with Crippen LogP contribution in [0.3, 0.4) is 0 Å². The van der Waals surface area contributed by atoms with Gasteiger partial charge in [0.2, 0.25) is 11.8 Å². The van der Waals surface area contributed by atoms with Crippen molar-refractivity contribution in [3.8, 4) is 0 Å². The second kappa shape index (κ2) is 9.30. The number of hydrogen-bond acceptors (Lipinski definition) is 4. The molecule has 1 atom stereocenters. The van der Waals surface area contributed by atoms with Gasteiger partial charge in [-0.15, -0.1) is 0 Å². The summed E-state index contributed by atoms with van der Waals surface area (Å²) in [4.78, 5) is 55.9. The highest BCUT2D eigenvalue weighted by Crippen LogP contribution is 2.26. The Morgan fingerprint density at radius 3 is 2.22 bits per heavy atom. The molecule has 1 saturated heterocycles. The highest BCUT2D eigenvalue weighted by Gasteiger charge is 2.38. The summed E-state index contributed by atoms with van der Waals surface area (Å²) in [6.07, 6.45) is 2.77. The molecule has 3 aliphatic rings. The molecule has 8 nitrogen and oxygen atoms in total. The van der Waals surface area contributed by atoms with Gasteiger partial charge in [-0.05, 0) is 29.9 Å². The van der Waals surface area contributed by atoms with E-state index in [0.29, 0.717) is 45.6 Å². The first-order chi connectivity index (χ1) is 15.3. The molecule has 2 heterocycles. The Kier molecular flexibility index (Phi) is 6.48. The van der Waals surface area contributed by atoms with Crippen LogP contribution < -0.4 is 5.32 Å². The average Bonchev–Trinajstić information content (AvgIpc) is 3.60. The number of rotatable bonds is 4. The third-order valence-corrected chi connectivity index (χ3v) is 6.42. The predicted octanol–water partition coefficient (Wildman–Crippen LogP) is 0.935. The lowest BCUT2D eigenvalue weighted by Gasteiger charge is -2.41. The van der Waals surface area contributed by atoms with Crippen molar-refractivity contribution in [2.24, 2.45) is 5.92 Å². The lowest BCUT2D eigenvalue weighted by Crippen LogP contribution is -2.59. The molecule has 2 fully saturated rings. The smallest absolute Gasteiger partial charge is 0.312 e. The topological polar surface area (TPSA) is 90.0 Å². The SMILES string of the molecule is CC(C)CC(=O)N1Cc2ccccc2CC1C(=O)N1CCN(C(=O)C(=O)NC2CC2)CC1. The van der Waals surface area contributed by atoms with E-state index in [1.165, 1.54) is 4.90 Å². The van der Waals surface area contributed by atoms with Crippen molar-refractivity contribution in [3.63, 3.8) is 0 Å². The van der Waals surface area contributed by atoms with Crippen LogP contribution in [0.1, 0.15) is 44.2 Å². The van der Waals surface area contributed by atoms with Crippen molar-refractivity contribution < 1.29 is 19.2 Å². The summed E-state index contributed by atoms with van der Waals surface area (Å²) in [7, 11) is 0. The molecule has 1 N–H and O–H groups in total. The fraction of sp³-hybridized carbons (Fsp3) is 0.583. The fourth-order valence-corrected chi connectivity index (χ4v) is 4.43. The predicted molar refractivity (Wildman–Crippen MR) is 118 cm³/mol. The van der Waals surface area contributed by atoms with E-state index in [1.807, 2.05) is 38.1 Å². The number of fused-ring (bicyclic) bond motifs is 1. The van der Waals surface area contributed by atoms with Crippen LogP contribution in [0.5, 0.6) is 0 Å². The van der Waals surface area contributed by atoms with Crippen molar-refractivity contribution in [2.75, 3.05) is 26.2 Å². The van der Waals surface area contributed by atoms with E-state index < -0.39 is 17.9 Å². The molecule has 1 aromatic rings. The third-order valence-electron chi connectivity index (χ3n) is 6.42. The molecule has 172 valence electrons. The first kappa shape index (κ1) is 22.3. The summed E-state index contributed by atoms with van der Waals surface area (Å²) in [6.45, 7) is 5.83. The van der Waals surface area contributed by atoms with Gasteiger partial charge >= 0.3 is 11.8 Å². The number of hydrogen-bond donors (Lipinski definition) is 1. The van der Waals surface area contributed by atoms with Crippen molar-refractivity contribution in [3.05, 3.63) is 35.4 Å². The highest BCUT2D eigenvalue weighted by molar-refractivity contribution is 6.35. The van der Waals surface area contributed by atoms with Gasteiger partial charge in [0, 0.05) is 51.6 Å². The second-order valence-corrected chi connectivity index (χ2v) is 9.47. The number of nitrogens with zero attached hydrogens (tertiary/aromatic N) is 3. The molecule has 0 aromatic heterocycles. The molecular formula is C24H32N4O4. The molecule has 1 aromatic carbocycles. The zero-order valence-electron chi connectivity index (χ0n) is 18.9. The van der Waals surface area contributed by atoms with Crippen LogP contribution in [-0.4, -0.2) is 76.6 Å². The Morgan fingerprint density at radius 1 is 0.969 bits per heavy atom. The average molecular weight is 441 g/mol. The van der Waals surface area contributed by atoms with Gasteiger partial charge in [0.1, 0.15) is 6.04 Å². The van der Waals surface area contributed by atoms with Gasteiger partial charge < -0.3 is 20.0 Å². The molecule has 4 amide bonds. The number of piperazine rings is 1. The molecule has 1 aliphatic carbocycles. The monoisotopic (exact) mass is 440 g/mol. The molecule has 8 heteroatoms. The minimum atomic E-state index is -0.554. The molecule has 4 rings (SSSR count). The van der Waals surface area contributed by atoms with Crippen molar-refractivity contribution in [2.45, 2.75) is 58.2 Å². The van der Waals surface area contributed by atoms with Gasteiger partial charge in [0.25, 0.3) is 0 Å². The largest absolute Gasteiger partial charge is 0.345 e. The fourth-order valence-electron chi connectivity index (χ4n) is 4.43. The Morgan fingerprint density at radius 2 is 1.59 bits per heavy atom. The number of amides is 4. The van der Waals surface area contributed by atoms with Crippen molar-refractivity contribution in [1.29, 1.82) is 0 Å². The van der Waals surface area contributed by atoms with E-state index >= 15 is 0 Å². The zero-order valence-corrected chi connectivity index (χ0v) is 18.9. The molecule has 0 bridgehead atoms. The van der Waals surface area contributed by atoms with Gasteiger partial charge in [-0.25, -0.2) is 0 Å². The quantitative estimate of drug-likeness (QED) is 0.706. The number of benzene rings is 1. The van der Waals surface area contributed by atoms with Gasteiger partial charge in [-0.3, -0.25) is 19.2 Å². The van der Waals surface area contributed by atoms with Gasteiger partial charge in [0.15, 0.2) is 0 Å². The summed E-state index contributed by atoms with van der Waals surface area (Å²) in [5.41, 5.74) is 2.19. The van der Waals surface area contributed by atoms with Crippen LogP contribution in [0.4, 0.5) is 0 Å². The standard InChI is InChI=1S/C24H32N4O4/c1-16(2)13-21(29)28-15-18-6-4-3-5-17(18)14-20(28)23(31)26-9-11-27(12-10-26)24(32)22(30)25-19-7-8-19/h3-6,16,19-20H,7-15H2,1-2H3,(H,25,30). The maximum atomic E-state index is 13.5. The van der Waals surface area contributed by atoms with E-state index in [2.05, 4.69) is 5.32 Å². The maximum absolute atomic E-state index is 13.5. The normalized spacial score (nSPS) is 20.7.